The minimum absolute atomic E-state index is 0.00344. The summed E-state index contributed by atoms with van der Waals surface area (Å²) in [6.45, 7) is 13.3. The van der Waals surface area contributed by atoms with E-state index in [1.807, 2.05) is 9.80 Å². The van der Waals surface area contributed by atoms with Crippen molar-refractivity contribution in [2.24, 2.45) is 16.7 Å². The Hall–Kier alpha value is -4.39. The van der Waals surface area contributed by atoms with Crippen molar-refractivity contribution in [1.82, 2.24) is 20.4 Å². The van der Waals surface area contributed by atoms with Crippen LogP contribution in [0.2, 0.25) is 0 Å². The highest BCUT2D eigenvalue weighted by atomic mass is 19.1. The fourth-order valence-corrected chi connectivity index (χ4v) is 9.27. The van der Waals surface area contributed by atoms with Gasteiger partial charge in [-0.25, -0.2) is 8.78 Å². The summed E-state index contributed by atoms with van der Waals surface area (Å²) in [5.41, 5.74) is 1.04. The summed E-state index contributed by atoms with van der Waals surface area (Å²) in [7, 11) is 1.39. The molecule has 0 radical (unpaired) electrons. The van der Waals surface area contributed by atoms with Crippen LogP contribution in [-0.4, -0.2) is 105 Å². The predicted molar refractivity (Wildman–Crippen MR) is 193 cm³/mol. The van der Waals surface area contributed by atoms with Crippen LogP contribution in [0.5, 0.6) is 0 Å². The second-order valence-electron chi connectivity index (χ2n) is 16.1. The summed E-state index contributed by atoms with van der Waals surface area (Å²) in [4.78, 5) is 70.1. The van der Waals surface area contributed by atoms with Crippen LogP contribution in [0.4, 0.5) is 20.2 Å². The highest BCUT2D eigenvalue weighted by molar-refractivity contribution is 6.23. The first-order chi connectivity index (χ1) is 24.6. The highest BCUT2D eigenvalue weighted by Gasteiger charge is 2.53. The molecule has 0 spiro atoms. The maximum absolute atomic E-state index is 15.4. The number of hydrogen-bond acceptors (Lipinski definition) is 8. The lowest BCUT2D eigenvalue weighted by atomic mass is 9.52. The molecule has 6 rings (SSSR count). The molecule has 0 bridgehead atoms. The Bertz CT molecular complexity index is 1730. The number of likely N-dealkylation sites (N-methyl/N-ethyl adjacent to an activating group) is 1. The van der Waals surface area contributed by atoms with Crippen LogP contribution < -0.4 is 20.4 Å². The van der Waals surface area contributed by atoms with E-state index >= 15 is 8.78 Å². The molecule has 1 unspecified atom stereocenters. The van der Waals surface area contributed by atoms with Crippen molar-refractivity contribution in [2.75, 3.05) is 62.7 Å². The van der Waals surface area contributed by atoms with Crippen molar-refractivity contribution in [3.63, 3.8) is 0 Å². The van der Waals surface area contributed by atoms with Crippen molar-refractivity contribution >= 4 is 41.3 Å². The Morgan fingerprint density at radius 2 is 1.46 bits per heavy atom. The Balaban J connectivity index is 1.00. The molecule has 13 heteroatoms. The topological polar surface area (TPSA) is 122 Å². The fourth-order valence-electron chi connectivity index (χ4n) is 9.27. The summed E-state index contributed by atoms with van der Waals surface area (Å²) >= 11 is 0. The molecule has 11 nitrogen and oxygen atoms in total. The molecular formula is C39H50F2N6O5. The molecule has 4 amide bonds. The molecule has 2 saturated heterocycles. The van der Waals surface area contributed by atoms with E-state index in [1.54, 1.807) is 12.1 Å². The minimum Gasteiger partial charge on any atom is -0.369 e. The van der Waals surface area contributed by atoms with Gasteiger partial charge in [0.2, 0.25) is 5.91 Å². The number of nitrogens with one attached hydrogen (secondary N) is 2. The maximum Gasteiger partial charge on any atom is 0.262 e. The number of carbonyl (C=O) groups is 5. The number of hydrogen-bond donors (Lipinski definition) is 2. The van der Waals surface area contributed by atoms with Crippen molar-refractivity contribution in [3.8, 4) is 0 Å². The molecule has 0 aromatic heterocycles. The van der Waals surface area contributed by atoms with E-state index < -0.39 is 35.4 Å². The summed E-state index contributed by atoms with van der Waals surface area (Å²) in [6.07, 6.45) is 3.39. The predicted octanol–water partition coefficient (Wildman–Crippen LogP) is 4.25. The maximum atomic E-state index is 15.4. The Morgan fingerprint density at radius 3 is 2.04 bits per heavy atom. The summed E-state index contributed by atoms with van der Waals surface area (Å²) < 4.78 is 30.8. The largest absolute Gasteiger partial charge is 0.369 e. The first kappa shape index (κ1) is 37.4. The van der Waals surface area contributed by atoms with Crippen LogP contribution in [0, 0.1) is 28.4 Å². The Labute approximate surface area is 304 Å². The van der Waals surface area contributed by atoms with Crippen molar-refractivity contribution < 1.29 is 32.8 Å². The van der Waals surface area contributed by atoms with Gasteiger partial charge in [-0.05, 0) is 72.8 Å². The highest BCUT2D eigenvalue weighted by Crippen LogP contribution is 2.53. The van der Waals surface area contributed by atoms with E-state index in [0.717, 1.165) is 36.8 Å². The molecule has 1 aliphatic carbocycles. The lowest BCUT2D eigenvalue weighted by Crippen LogP contribution is -2.63. The van der Waals surface area contributed by atoms with Crippen LogP contribution in [-0.2, 0) is 9.59 Å². The number of benzene rings is 2. The zero-order chi connectivity index (χ0) is 37.5. The first-order valence-corrected chi connectivity index (χ1v) is 18.3. The summed E-state index contributed by atoms with van der Waals surface area (Å²) in [6, 6.07) is 6.12. The monoisotopic (exact) mass is 720 g/mol. The number of aldehydes is 1. The van der Waals surface area contributed by atoms with Gasteiger partial charge in [-0.2, -0.15) is 0 Å². The number of piperidine rings is 1. The number of halogens is 2. The van der Waals surface area contributed by atoms with E-state index in [4.69, 9.17) is 0 Å². The second kappa shape index (κ2) is 14.6. The molecule has 2 aromatic carbocycles. The molecule has 52 heavy (non-hydrogen) atoms. The number of nitrogens with zero attached hydrogens (tertiary/aromatic N) is 4. The first-order valence-electron chi connectivity index (χ1n) is 18.3. The molecule has 1 saturated carbocycles. The van der Waals surface area contributed by atoms with Gasteiger partial charge >= 0.3 is 0 Å². The number of rotatable bonds is 11. The van der Waals surface area contributed by atoms with Gasteiger partial charge in [-0.3, -0.25) is 29.0 Å². The van der Waals surface area contributed by atoms with E-state index in [-0.39, 0.29) is 52.4 Å². The number of amides is 4. The van der Waals surface area contributed by atoms with E-state index in [2.05, 4.69) is 43.2 Å². The van der Waals surface area contributed by atoms with Gasteiger partial charge in [0.05, 0.1) is 22.5 Å². The zero-order valence-corrected chi connectivity index (χ0v) is 30.8. The molecule has 3 fully saturated rings. The average molecular weight is 721 g/mol. The van der Waals surface area contributed by atoms with Crippen molar-refractivity contribution in [2.45, 2.75) is 71.9 Å². The number of anilines is 2. The molecule has 3 heterocycles. The van der Waals surface area contributed by atoms with Crippen LogP contribution >= 0.6 is 0 Å². The van der Waals surface area contributed by atoms with Crippen LogP contribution in [0.1, 0.15) is 90.9 Å². The number of imide groups is 1. The van der Waals surface area contributed by atoms with Gasteiger partial charge in [-0.1, -0.05) is 27.7 Å². The van der Waals surface area contributed by atoms with E-state index in [9.17, 15) is 24.0 Å². The quantitative estimate of drug-likeness (QED) is 0.261. The lowest BCUT2D eigenvalue weighted by molar-refractivity contribution is -0.124. The third-order valence-electron chi connectivity index (χ3n) is 11.5. The molecule has 4 aliphatic rings. The van der Waals surface area contributed by atoms with Crippen LogP contribution in [0.3, 0.4) is 0 Å². The normalized spacial score (nSPS) is 21.1. The average Bonchev–Trinajstić information content (AvgIpc) is 3.34. The zero-order valence-electron chi connectivity index (χ0n) is 30.8. The van der Waals surface area contributed by atoms with Gasteiger partial charge in [0.25, 0.3) is 17.7 Å². The Kier molecular flexibility index (Phi) is 10.5. The van der Waals surface area contributed by atoms with Gasteiger partial charge in [0.1, 0.15) is 24.0 Å². The van der Waals surface area contributed by atoms with Gasteiger partial charge < -0.3 is 25.2 Å². The third-order valence-corrected chi connectivity index (χ3v) is 11.5. The molecule has 280 valence electrons. The standard InChI is InChI=1S/C39H50F2N6O5/c1-38(2)23-39(3,4)37(38)43-33(49)25-8-9-30(28(40)19-25)45-12-10-24(11-13-45)22-44-14-16-46(17-15-44)32-21-27-26(20-29(32)41)35(51)47(36(27)52)31(7-6-18-48)34(50)42-5/h8-9,18-21,24,31,37H,6-7,10-17,22-23H2,1-5H3,(H,42,50)(H,43,49). The van der Waals surface area contributed by atoms with Crippen molar-refractivity contribution in [3.05, 3.63) is 58.7 Å². The smallest absolute Gasteiger partial charge is 0.262 e. The van der Waals surface area contributed by atoms with Gasteiger partial charge in [0.15, 0.2) is 0 Å². The number of piperazine rings is 1. The van der Waals surface area contributed by atoms with Gasteiger partial charge in [0, 0.05) is 70.9 Å². The van der Waals surface area contributed by atoms with E-state index in [0.29, 0.717) is 62.7 Å². The van der Waals surface area contributed by atoms with Gasteiger partial charge in [-0.15, -0.1) is 0 Å². The lowest BCUT2D eigenvalue weighted by Gasteiger charge is -2.57. The van der Waals surface area contributed by atoms with Crippen LogP contribution in [0.25, 0.3) is 0 Å². The number of carbonyl (C=O) groups excluding carboxylic acids is 5. The molecule has 2 aromatic rings. The SMILES string of the molecule is CNC(=O)C(CCC=O)N1C(=O)c2cc(F)c(N3CCN(CC4CCN(c5ccc(C(=O)NC6C(C)(C)CC6(C)C)cc5F)CC4)CC3)cc2C1=O. The second-order valence-corrected chi connectivity index (χ2v) is 16.1. The third kappa shape index (κ3) is 7.16. The summed E-state index contributed by atoms with van der Waals surface area (Å²) in [5.74, 6) is -2.83. The van der Waals surface area contributed by atoms with E-state index in [1.165, 1.54) is 19.2 Å². The molecular weight excluding hydrogens is 670 g/mol. The molecule has 2 N–H and O–H groups in total. The minimum atomic E-state index is -1.17. The molecule has 3 aliphatic heterocycles. The number of fused-ring (bicyclic) bond motifs is 1. The molecule has 1 atom stereocenters. The van der Waals surface area contributed by atoms with Crippen LogP contribution in [0.15, 0.2) is 30.3 Å². The summed E-state index contributed by atoms with van der Waals surface area (Å²) in [5, 5.41) is 5.57. The van der Waals surface area contributed by atoms with Crippen molar-refractivity contribution in [1.29, 1.82) is 0 Å². The Morgan fingerprint density at radius 1 is 0.865 bits per heavy atom. The fraction of sp³-hybridized carbons (Fsp3) is 0.564.